The van der Waals surface area contributed by atoms with Gasteiger partial charge >= 0.3 is 5.97 Å². The molecule has 0 saturated carbocycles. The van der Waals surface area contributed by atoms with Crippen molar-refractivity contribution in [1.82, 2.24) is 4.98 Å². The predicted molar refractivity (Wildman–Crippen MR) is 129 cm³/mol. The first kappa shape index (κ1) is 22.7. The molecule has 0 saturated heterocycles. The Labute approximate surface area is 196 Å². The molecule has 0 amide bonds. The highest BCUT2D eigenvalue weighted by atomic mass is 19.1. The van der Waals surface area contributed by atoms with Crippen LogP contribution < -0.4 is 10.1 Å². The third kappa shape index (κ3) is 4.39. The molecule has 7 heteroatoms. The van der Waals surface area contributed by atoms with Crippen LogP contribution in [0.25, 0.3) is 33.3 Å². The van der Waals surface area contributed by atoms with E-state index in [4.69, 9.17) is 9.84 Å². The van der Waals surface area contributed by atoms with Gasteiger partial charge in [-0.3, -0.25) is 4.79 Å². The molecule has 6 nitrogen and oxygen atoms in total. The number of para-hydroxylation sites is 1. The lowest BCUT2D eigenvalue weighted by Crippen LogP contribution is -2.14. The van der Waals surface area contributed by atoms with Gasteiger partial charge in [-0.2, -0.15) is 5.26 Å². The van der Waals surface area contributed by atoms with Gasteiger partial charge in [0, 0.05) is 16.5 Å². The van der Waals surface area contributed by atoms with Crippen LogP contribution in [-0.2, 0) is 4.79 Å². The van der Waals surface area contributed by atoms with E-state index < -0.39 is 18.3 Å². The first-order valence-electron chi connectivity index (χ1n) is 10.7. The highest BCUT2D eigenvalue weighted by Crippen LogP contribution is 2.37. The molecule has 2 N–H and O–H groups in total. The quantitative estimate of drug-likeness (QED) is 0.367. The number of halogens is 1. The second kappa shape index (κ2) is 9.59. The number of nitrogens with one attached hydrogen (secondary N) is 1. The summed E-state index contributed by atoms with van der Waals surface area (Å²) in [7, 11) is 0. The molecule has 0 atom stereocenters. The van der Waals surface area contributed by atoms with Crippen molar-refractivity contribution in [1.29, 1.82) is 5.26 Å². The number of fused-ring (bicyclic) bond motifs is 1. The minimum absolute atomic E-state index is 0.157. The number of carboxylic acid groups (broad SMARTS) is 1. The Hall–Kier alpha value is -4.44. The second-order valence-electron chi connectivity index (χ2n) is 7.69. The third-order valence-electron chi connectivity index (χ3n) is 5.45. The number of anilines is 1. The number of pyridine rings is 1. The van der Waals surface area contributed by atoms with E-state index >= 15 is 0 Å². The maximum Gasteiger partial charge on any atom is 0.322 e. The molecule has 0 radical (unpaired) electrons. The van der Waals surface area contributed by atoms with Gasteiger partial charge in [-0.1, -0.05) is 36.4 Å². The van der Waals surface area contributed by atoms with Crippen molar-refractivity contribution in [3.05, 3.63) is 77.6 Å². The fourth-order valence-electron chi connectivity index (χ4n) is 3.97. The molecule has 0 bridgehead atoms. The molecule has 1 heterocycles. The van der Waals surface area contributed by atoms with Crippen molar-refractivity contribution in [3.8, 4) is 34.2 Å². The fourth-order valence-corrected chi connectivity index (χ4v) is 3.97. The molecule has 0 spiro atoms. The van der Waals surface area contributed by atoms with E-state index in [2.05, 4.69) is 16.4 Å². The number of hydrogen-bond donors (Lipinski definition) is 2. The molecular formula is C27H22FN3O3. The normalized spacial score (nSPS) is 10.6. The molecular weight excluding hydrogens is 433 g/mol. The van der Waals surface area contributed by atoms with Crippen molar-refractivity contribution in [2.75, 3.05) is 18.5 Å². The summed E-state index contributed by atoms with van der Waals surface area (Å²) in [5, 5.41) is 22.3. The minimum atomic E-state index is -1.10. The summed E-state index contributed by atoms with van der Waals surface area (Å²) in [6, 6.07) is 19.8. The summed E-state index contributed by atoms with van der Waals surface area (Å²) in [4.78, 5) is 15.8. The average molecular weight is 455 g/mol. The minimum Gasteiger partial charge on any atom is -0.493 e. The van der Waals surface area contributed by atoms with Gasteiger partial charge in [0.05, 0.1) is 23.5 Å². The van der Waals surface area contributed by atoms with Crippen LogP contribution in [0.2, 0.25) is 0 Å². The zero-order valence-electron chi connectivity index (χ0n) is 18.7. The van der Waals surface area contributed by atoms with Crippen molar-refractivity contribution >= 4 is 22.6 Å². The van der Waals surface area contributed by atoms with Crippen LogP contribution >= 0.6 is 0 Å². The van der Waals surface area contributed by atoms with Crippen LogP contribution in [0.1, 0.15) is 18.1 Å². The molecule has 170 valence electrons. The Kier molecular flexibility index (Phi) is 6.42. The maximum atomic E-state index is 14.0. The van der Waals surface area contributed by atoms with Crippen molar-refractivity contribution in [2.24, 2.45) is 0 Å². The van der Waals surface area contributed by atoms with Gasteiger partial charge < -0.3 is 15.2 Å². The average Bonchev–Trinajstić information content (AvgIpc) is 2.82. The van der Waals surface area contributed by atoms with E-state index in [0.29, 0.717) is 23.2 Å². The second-order valence-corrected chi connectivity index (χ2v) is 7.69. The van der Waals surface area contributed by atoms with E-state index in [1.54, 1.807) is 0 Å². The lowest BCUT2D eigenvalue weighted by Gasteiger charge is -2.16. The largest absolute Gasteiger partial charge is 0.493 e. The van der Waals surface area contributed by atoms with Gasteiger partial charge in [0.15, 0.2) is 0 Å². The number of benzene rings is 3. The fraction of sp³-hybridized carbons (Fsp3) is 0.148. The van der Waals surface area contributed by atoms with Gasteiger partial charge in [-0.05, 0) is 49.2 Å². The van der Waals surface area contributed by atoms with E-state index in [9.17, 15) is 14.4 Å². The number of aryl methyl sites for hydroxylation is 1. The van der Waals surface area contributed by atoms with E-state index in [-0.39, 0.29) is 11.3 Å². The van der Waals surface area contributed by atoms with Crippen LogP contribution in [0, 0.1) is 24.1 Å². The summed E-state index contributed by atoms with van der Waals surface area (Å²) in [5.41, 5.74) is 4.75. The summed E-state index contributed by atoms with van der Waals surface area (Å²) < 4.78 is 19.7. The summed E-state index contributed by atoms with van der Waals surface area (Å²) in [5.74, 6) is -0.820. The van der Waals surface area contributed by atoms with E-state index in [0.717, 1.165) is 28.0 Å². The summed E-state index contributed by atoms with van der Waals surface area (Å²) in [6.07, 6.45) is 0. The Bertz CT molecular complexity index is 1440. The summed E-state index contributed by atoms with van der Waals surface area (Å²) >= 11 is 0. The van der Waals surface area contributed by atoms with Crippen molar-refractivity contribution in [2.45, 2.75) is 13.8 Å². The number of hydrogen-bond acceptors (Lipinski definition) is 5. The number of carbonyl (C=O) groups is 1. The van der Waals surface area contributed by atoms with E-state index in [1.807, 2.05) is 56.3 Å². The topological polar surface area (TPSA) is 95.2 Å². The SMILES string of the molecule is CCOc1ccccc1-c1ccc(-c2nc3ccc(F)cc3c(NCC(=O)O)c2C#N)c(C)c1. The molecule has 4 rings (SSSR count). The number of aromatic nitrogens is 1. The summed E-state index contributed by atoms with van der Waals surface area (Å²) in [6.45, 7) is 3.98. The molecule has 0 aliphatic heterocycles. The zero-order chi connectivity index (χ0) is 24.2. The van der Waals surface area contributed by atoms with Crippen LogP contribution in [-0.4, -0.2) is 29.2 Å². The first-order chi connectivity index (χ1) is 16.4. The predicted octanol–water partition coefficient (Wildman–Crippen LogP) is 5.78. The molecule has 0 aliphatic rings. The molecule has 0 unspecified atom stereocenters. The van der Waals surface area contributed by atoms with Gasteiger partial charge in [0.2, 0.25) is 0 Å². The zero-order valence-corrected chi connectivity index (χ0v) is 18.7. The number of nitriles is 1. The lowest BCUT2D eigenvalue weighted by molar-refractivity contribution is -0.134. The number of rotatable bonds is 7. The molecule has 4 aromatic rings. The number of ether oxygens (including phenoxy) is 1. The van der Waals surface area contributed by atoms with Gasteiger partial charge in [0.1, 0.15) is 29.7 Å². The van der Waals surface area contributed by atoms with Crippen LogP contribution in [0.4, 0.5) is 10.1 Å². The standard InChI is InChI=1S/C27H22FN3O3/c1-3-34-24-7-5-4-6-20(24)17-8-10-19(16(2)12-17)27-22(14-29)26(30-15-25(32)33)21-13-18(28)9-11-23(21)31-27/h4-13H,3,15H2,1-2H3,(H,30,31)(H,32,33). The number of nitrogens with zero attached hydrogens (tertiary/aromatic N) is 2. The van der Waals surface area contributed by atoms with Crippen molar-refractivity contribution < 1.29 is 19.0 Å². The van der Waals surface area contributed by atoms with Gasteiger partial charge in [-0.25, -0.2) is 9.37 Å². The lowest BCUT2D eigenvalue weighted by atomic mass is 9.94. The van der Waals surface area contributed by atoms with Gasteiger partial charge in [-0.15, -0.1) is 0 Å². The van der Waals surface area contributed by atoms with Crippen LogP contribution in [0.3, 0.4) is 0 Å². The Morgan fingerprint density at radius 1 is 1.15 bits per heavy atom. The molecule has 0 aliphatic carbocycles. The Morgan fingerprint density at radius 3 is 2.65 bits per heavy atom. The van der Waals surface area contributed by atoms with Crippen LogP contribution in [0.15, 0.2) is 60.7 Å². The number of aliphatic carboxylic acids is 1. The highest BCUT2D eigenvalue weighted by Gasteiger charge is 2.19. The van der Waals surface area contributed by atoms with E-state index in [1.165, 1.54) is 18.2 Å². The highest BCUT2D eigenvalue weighted by molar-refractivity contribution is 5.99. The molecule has 3 aromatic carbocycles. The van der Waals surface area contributed by atoms with Gasteiger partial charge in [0.25, 0.3) is 0 Å². The van der Waals surface area contributed by atoms with Crippen LogP contribution in [0.5, 0.6) is 5.75 Å². The monoisotopic (exact) mass is 455 g/mol. The first-order valence-corrected chi connectivity index (χ1v) is 10.7. The van der Waals surface area contributed by atoms with Crippen molar-refractivity contribution in [3.63, 3.8) is 0 Å². The molecule has 1 aromatic heterocycles. The Balaban J connectivity index is 1.89. The smallest absolute Gasteiger partial charge is 0.322 e. The third-order valence-corrected chi connectivity index (χ3v) is 5.45. The molecule has 0 fully saturated rings. The molecule has 34 heavy (non-hydrogen) atoms. The number of carboxylic acids is 1. The maximum absolute atomic E-state index is 14.0. The Morgan fingerprint density at radius 2 is 1.94 bits per heavy atom.